The van der Waals surface area contributed by atoms with Crippen LogP contribution in [0.15, 0.2) is 52.9 Å². The minimum atomic E-state index is -0.0438. The summed E-state index contributed by atoms with van der Waals surface area (Å²) in [6.07, 6.45) is 0. The van der Waals surface area contributed by atoms with E-state index in [1.807, 2.05) is 50.2 Å². The highest BCUT2D eigenvalue weighted by molar-refractivity contribution is 8.01. The molecule has 26 heavy (non-hydrogen) atoms. The number of hydrogen-bond donors (Lipinski definition) is 2. The fourth-order valence-electron chi connectivity index (χ4n) is 2.31. The van der Waals surface area contributed by atoms with Gasteiger partial charge < -0.3 is 10.6 Å². The fourth-order valence-corrected chi connectivity index (χ4v) is 3.86. The molecule has 134 valence electrons. The van der Waals surface area contributed by atoms with Crippen LogP contribution in [0.3, 0.4) is 0 Å². The number of thioether (sulfide) groups is 1. The fraction of sp³-hybridized carbons (Fsp3) is 0.211. The monoisotopic (exact) mass is 384 g/mol. The van der Waals surface area contributed by atoms with Gasteiger partial charge in [-0.05, 0) is 36.6 Å². The van der Waals surface area contributed by atoms with Crippen molar-refractivity contribution in [3.63, 3.8) is 0 Å². The third-order valence-corrected chi connectivity index (χ3v) is 5.91. The molecule has 1 heterocycles. The van der Waals surface area contributed by atoms with E-state index in [-0.39, 0.29) is 5.91 Å². The number of anilines is 2. The molecular formula is C19H20N4OS2. The molecule has 0 aliphatic rings. The normalized spacial score (nSPS) is 10.5. The molecule has 1 amide bonds. The first-order valence-corrected chi connectivity index (χ1v) is 10.0. The Kier molecular flexibility index (Phi) is 6.25. The molecule has 0 aliphatic carbocycles. The van der Waals surface area contributed by atoms with Crippen molar-refractivity contribution in [1.82, 2.24) is 10.2 Å². The molecule has 2 N–H and O–H groups in total. The van der Waals surface area contributed by atoms with Crippen LogP contribution in [0.25, 0.3) is 0 Å². The number of amides is 1. The molecule has 1 aromatic heterocycles. The van der Waals surface area contributed by atoms with E-state index in [2.05, 4.69) is 33.0 Å². The third-order valence-electron chi connectivity index (χ3n) is 3.90. The average Bonchev–Trinajstić information content (AvgIpc) is 3.11. The lowest BCUT2D eigenvalue weighted by atomic mass is 10.1. The molecule has 3 rings (SSSR count). The van der Waals surface area contributed by atoms with Crippen LogP contribution in [0.2, 0.25) is 0 Å². The lowest BCUT2D eigenvalue weighted by Gasteiger charge is -2.09. The number of carbonyl (C=O) groups is 1. The van der Waals surface area contributed by atoms with Crippen molar-refractivity contribution in [2.45, 2.75) is 24.7 Å². The van der Waals surface area contributed by atoms with E-state index in [1.165, 1.54) is 28.7 Å². The minimum absolute atomic E-state index is 0.0438. The van der Waals surface area contributed by atoms with Gasteiger partial charge in [-0.25, -0.2) is 0 Å². The quantitative estimate of drug-likeness (QED) is 0.587. The highest BCUT2D eigenvalue weighted by Gasteiger charge is 2.10. The molecule has 5 nitrogen and oxygen atoms in total. The van der Waals surface area contributed by atoms with Gasteiger partial charge in [0.25, 0.3) is 0 Å². The second kappa shape index (κ2) is 8.82. The maximum absolute atomic E-state index is 12.2. The Labute approximate surface area is 161 Å². The van der Waals surface area contributed by atoms with E-state index in [0.717, 1.165) is 26.3 Å². The number of nitrogens with zero attached hydrogens (tertiary/aromatic N) is 2. The van der Waals surface area contributed by atoms with Gasteiger partial charge in [0.1, 0.15) is 0 Å². The Hall–Kier alpha value is -2.38. The molecule has 7 heteroatoms. The number of rotatable bonds is 7. The molecular weight excluding hydrogens is 364 g/mol. The molecule has 3 aromatic rings. The van der Waals surface area contributed by atoms with Crippen LogP contribution in [0.4, 0.5) is 10.8 Å². The summed E-state index contributed by atoms with van der Waals surface area (Å²) in [6, 6.07) is 16.0. The van der Waals surface area contributed by atoms with Gasteiger partial charge >= 0.3 is 0 Å². The van der Waals surface area contributed by atoms with E-state index in [4.69, 9.17) is 0 Å². The summed E-state index contributed by atoms with van der Waals surface area (Å²) in [5, 5.41) is 15.2. The average molecular weight is 385 g/mol. The van der Waals surface area contributed by atoms with Crippen molar-refractivity contribution in [3.8, 4) is 0 Å². The van der Waals surface area contributed by atoms with E-state index < -0.39 is 0 Å². The van der Waals surface area contributed by atoms with Crippen LogP contribution in [0.1, 0.15) is 16.7 Å². The van der Waals surface area contributed by atoms with Gasteiger partial charge in [0.2, 0.25) is 11.0 Å². The Morgan fingerprint density at radius 3 is 2.69 bits per heavy atom. The maximum Gasteiger partial charge on any atom is 0.234 e. The van der Waals surface area contributed by atoms with Gasteiger partial charge in [-0.2, -0.15) is 0 Å². The summed E-state index contributed by atoms with van der Waals surface area (Å²) >= 11 is 2.85. The van der Waals surface area contributed by atoms with E-state index in [1.54, 1.807) is 0 Å². The Bertz CT molecular complexity index is 880. The van der Waals surface area contributed by atoms with Gasteiger partial charge in [0, 0.05) is 12.2 Å². The molecule has 0 atom stereocenters. The molecule has 2 aromatic carbocycles. The minimum Gasteiger partial charge on any atom is -0.356 e. The number of hydrogen-bond acceptors (Lipinski definition) is 6. The summed E-state index contributed by atoms with van der Waals surface area (Å²) in [5.74, 6) is 0.262. The van der Waals surface area contributed by atoms with Gasteiger partial charge in [0.05, 0.1) is 5.75 Å². The molecule has 0 saturated carbocycles. The van der Waals surface area contributed by atoms with Crippen LogP contribution in [-0.2, 0) is 11.3 Å². The smallest absolute Gasteiger partial charge is 0.234 e. The topological polar surface area (TPSA) is 66.9 Å². The first-order valence-electron chi connectivity index (χ1n) is 8.22. The van der Waals surface area contributed by atoms with Gasteiger partial charge in [0.15, 0.2) is 4.34 Å². The Morgan fingerprint density at radius 1 is 1.08 bits per heavy atom. The van der Waals surface area contributed by atoms with Gasteiger partial charge in [-0.15, -0.1) is 10.2 Å². The molecule has 0 saturated heterocycles. The summed E-state index contributed by atoms with van der Waals surface area (Å²) in [5.41, 5.74) is 4.30. The lowest BCUT2D eigenvalue weighted by Crippen LogP contribution is -2.15. The maximum atomic E-state index is 12.2. The Morgan fingerprint density at radius 2 is 1.88 bits per heavy atom. The van der Waals surface area contributed by atoms with E-state index in [0.29, 0.717) is 12.3 Å². The summed E-state index contributed by atoms with van der Waals surface area (Å²) in [6.45, 7) is 4.74. The molecule has 0 spiro atoms. The second-order valence-electron chi connectivity index (χ2n) is 5.80. The zero-order chi connectivity index (χ0) is 18.4. The molecule has 0 bridgehead atoms. The van der Waals surface area contributed by atoms with Crippen LogP contribution < -0.4 is 10.6 Å². The number of aryl methyl sites for hydroxylation is 1. The molecule has 0 unspecified atom stereocenters. The SMILES string of the molecule is Cc1cccc(NC(=O)CSc2nnc(NCc3ccccc3)s2)c1C. The van der Waals surface area contributed by atoms with Crippen molar-refractivity contribution in [1.29, 1.82) is 0 Å². The molecule has 0 radical (unpaired) electrons. The molecule has 0 aliphatic heterocycles. The third kappa shape index (κ3) is 5.06. The van der Waals surface area contributed by atoms with Crippen molar-refractivity contribution < 1.29 is 4.79 Å². The largest absolute Gasteiger partial charge is 0.356 e. The van der Waals surface area contributed by atoms with Crippen molar-refractivity contribution in [2.75, 3.05) is 16.4 Å². The summed E-state index contributed by atoms with van der Waals surface area (Å²) in [7, 11) is 0. The highest BCUT2D eigenvalue weighted by Crippen LogP contribution is 2.26. The van der Waals surface area contributed by atoms with Crippen LogP contribution in [0.5, 0.6) is 0 Å². The Balaban J connectivity index is 1.48. The number of benzene rings is 2. The molecule has 0 fully saturated rings. The number of aromatic nitrogens is 2. The van der Waals surface area contributed by atoms with Crippen molar-refractivity contribution in [3.05, 3.63) is 65.2 Å². The first kappa shape index (κ1) is 18.4. The summed E-state index contributed by atoms with van der Waals surface area (Å²) < 4.78 is 0.775. The number of nitrogens with one attached hydrogen (secondary N) is 2. The summed E-state index contributed by atoms with van der Waals surface area (Å²) in [4.78, 5) is 12.2. The van der Waals surface area contributed by atoms with E-state index in [9.17, 15) is 4.79 Å². The zero-order valence-corrected chi connectivity index (χ0v) is 16.3. The lowest BCUT2D eigenvalue weighted by molar-refractivity contribution is -0.113. The standard InChI is InChI=1S/C19H20N4OS2/c1-13-7-6-10-16(14(13)2)21-17(24)12-25-19-23-22-18(26-19)20-11-15-8-4-3-5-9-15/h3-10H,11-12H2,1-2H3,(H,20,22)(H,21,24). The predicted octanol–water partition coefficient (Wildman–Crippen LogP) is 4.50. The second-order valence-corrected chi connectivity index (χ2v) is 8.00. The number of carbonyl (C=O) groups excluding carboxylic acids is 1. The van der Waals surface area contributed by atoms with Crippen LogP contribution in [0, 0.1) is 13.8 Å². The van der Waals surface area contributed by atoms with E-state index >= 15 is 0 Å². The highest BCUT2D eigenvalue weighted by atomic mass is 32.2. The predicted molar refractivity (Wildman–Crippen MR) is 109 cm³/mol. The van der Waals surface area contributed by atoms with Gasteiger partial charge in [-0.1, -0.05) is 65.6 Å². The van der Waals surface area contributed by atoms with Crippen molar-refractivity contribution in [2.24, 2.45) is 0 Å². The van der Waals surface area contributed by atoms with Crippen LogP contribution in [-0.4, -0.2) is 21.9 Å². The van der Waals surface area contributed by atoms with Crippen LogP contribution >= 0.6 is 23.1 Å². The van der Waals surface area contributed by atoms with Gasteiger partial charge in [-0.3, -0.25) is 4.79 Å². The zero-order valence-electron chi connectivity index (χ0n) is 14.7. The van der Waals surface area contributed by atoms with Crippen molar-refractivity contribution >= 4 is 39.8 Å². The first-order chi connectivity index (χ1) is 12.6.